The van der Waals surface area contributed by atoms with Gasteiger partial charge < -0.3 is 5.32 Å². The first-order valence-electron chi connectivity index (χ1n) is 6.27. The Kier molecular flexibility index (Phi) is 4.61. The lowest BCUT2D eigenvalue weighted by molar-refractivity contribution is 0.614. The topological polar surface area (TPSA) is 12.0 Å². The van der Waals surface area contributed by atoms with Gasteiger partial charge in [-0.25, -0.2) is 4.39 Å². The third kappa shape index (κ3) is 2.83. The molecule has 0 aliphatic rings. The summed E-state index contributed by atoms with van der Waals surface area (Å²) in [6.07, 6.45) is 0.981. The Bertz CT molecular complexity index is 580. The summed E-state index contributed by atoms with van der Waals surface area (Å²) in [4.78, 5) is 1.25. The van der Waals surface area contributed by atoms with E-state index in [0.717, 1.165) is 12.0 Å². The Morgan fingerprint density at radius 2 is 2.16 bits per heavy atom. The van der Waals surface area contributed by atoms with Crippen LogP contribution in [0, 0.1) is 12.7 Å². The second-order valence-corrected chi connectivity index (χ2v) is 5.86. The van der Waals surface area contributed by atoms with E-state index in [2.05, 4.69) is 23.7 Å². The van der Waals surface area contributed by atoms with Crippen molar-refractivity contribution in [1.29, 1.82) is 0 Å². The van der Waals surface area contributed by atoms with Gasteiger partial charge in [0.25, 0.3) is 0 Å². The van der Waals surface area contributed by atoms with Crippen molar-refractivity contribution in [2.24, 2.45) is 0 Å². The zero-order chi connectivity index (χ0) is 14.0. The van der Waals surface area contributed by atoms with Crippen molar-refractivity contribution in [3.05, 3.63) is 56.0 Å². The largest absolute Gasteiger partial charge is 0.309 e. The van der Waals surface area contributed by atoms with Crippen LogP contribution < -0.4 is 5.32 Å². The van der Waals surface area contributed by atoms with Crippen LogP contribution in [-0.2, 0) is 6.42 Å². The molecule has 0 saturated heterocycles. The summed E-state index contributed by atoms with van der Waals surface area (Å²) >= 11 is 7.92. The Hall–Kier alpha value is -0.900. The molecule has 2 rings (SSSR count). The number of hydrogen-bond acceptors (Lipinski definition) is 2. The van der Waals surface area contributed by atoms with Gasteiger partial charge in [-0.05, 0) is 60.7 Å². The normalized spacial score (nSPS) is 12.7. The number of nitrogens with one attached hydrogen (secondary N) is 1. The second kappa shape index (κ2) is 6.04. The van der Waals surface area contributed by atoms with E-state index in [1.165, 1.54) is 16.5 Å². The highest BCUT2D eigenvalue weighted by Gasteiger charge is 2.20. The van der Waals surface area contributed by atoms with Crippen molar-refractivity contribution < 1.29 is 4.39 Å². The summed E-state index contributed by atoms with van der Waals surface area (Å²) in [7, 11) is 1.90. The van der Waals surface area contributed by atoms with Crippen molar-refractivity contribution in [2.75, 3.05) is 7.05 Å². The molecule has 2 aromatic rings. The molecule has 1 N–H and O–H groups in total. The molecule has 4 heteroatoms. The van der Waals surface area contributed by atoms with Crippen LogP contribution in [0.3, 0.4) is 0 Å². The zero-order valence-corrected chi connectivity index (χ0v) is 12.8. The van der Waals surface area contributed by atoms with Gasteiger partial charge in [-0.2, -0.15) is 0 Å². The average molecular weight is 298 g/mol. The van der Waals surface area contributed by atoms with Crippen LogP contribution in [0.25, 0.3) is 0 Å². The van der Waals surface area contributed by atoms with E-state index < -0.39 is 0 Å². The summed E-state index contributed by atoms with van der Waals surface area (Å²) in [6.45, 7) is 3.90. The van der Waals surface area contributed by atoms with Crippen LogP contribution in [0.15, 0.2) is 23.6 Å². The highest BCUT2D eigenvalue weighted by molar-refractivity contribution is 7.10. The van der Waals surface area contributed by atoms with E-state index in [4.69, 9.17) is 11.6 Å². The molecule has 0 radical (unpaired) electrons. The lowest BCUT2D eigenvalue weighted by Crippen LogP contribution is -2.18. The molecule has 0 aliphatic heterocycles. The summed E-state index contributed by atoms with van der Waals surface area (Å²) in [6, 6.07) is 5.38. The molecule has 19 heavy (non-hydrogen) atoms. The summed E-state index contributed by atoms with van der Waals surface area (Å²) in [5, 5.41) is 5.84. The molecule has 1 aromatic heterocycles. The van der Waals surface area contributed by atoms with Gasteiger partial charge in [0, 0.05) is 9.90 Å². The van der Waals surface area contributed by atoms with Gasteiger partial charge in [0.2, 0.25) is 0 Å². The third-order valence-electron chi connectivity index (χ3n) is 3.30. The quantitative estimate of drug-likeness (QED) is 0.861. The Morgan fingerprint density at radius 1 is 1.42 bits per heavy atom. The van der Waals surface area contributed by atoms with Crippen molar-refractivity contribution in [3.63, 3.8) is 0 Å². The first-order valence-corrected chi connectivity index (χ1v) is 7.53. The van der Waals surface area contributed by atoms with E-state index in [9.17, 15) is 4.39 Å². The fraction of sp³-hybridized carbons (Fsp3) is 0.333. The minimum absolute atomic E-state index is 0.0155. The minimum atomic E-state index is -0.259. The number of hydrogen-bond donors (Lipinski definition) is 1. The van der Waals surface area contributed by atoms with Crippen LogP contribution in [0.2, 0.25) is 5.02 Å². The van der Waals surface area contributed by atoms with Crippen molar-refractivity contribution in [2.45, 2.75) is 26.3 Å². The predicted octanol–water partition coefficient (Wildman–Crippen LogP) is 4.72. The smallest absolute Gasteiger partial charge is 0.127 e. The maximum absolute atomic E-state index is 13.5. The van der Waals surface area contributed by atoms with Crippen LogP contribution in [0.5, 0.6) is 0 Å². The van der Waals surface area contributed by atoms with Gasteiger partial charge in [-0.3, -0.25) is 0 Å². The van der Waals surface area contributed by atoms with Gasteiger partial charge in [-0.15, -0.1) is 11.3 Å². The van der Waals surface area contributed by atoms with Gasteiger partial charge in [0.1, 0.15) is 5.82 Å². The molecule has 0 fully saturated rings. The van der Waals surface area contributed by atoms with Crippen molar-refractivity contribution in [3.8, 4) is 0 Å². The number of thiophene rings is 1. The molecule has 0 saturated carbocycles. The minimum Gasteiger partial charge on any atom is -0.309 e. The van der Waals surface area contributed by atoms with E-state index in [1.54, 1.807) is 18.3 Å². The van der Waals surface area contributed by atoms with Gasteiger partial charge in [0.05, 0.1) is 6.04 Å². The van der Waals surface area contributed by atoms with E-state index in [1.807, 2.05) is 13.1 Å². The molecule has 0 spiro atoms. The first kappa shape index (κ1) is 14.5. The standard InChI is InChI=1S/C15H17ClFNS/c1-4-10-5-6-19-15(10)14(18-3)11-7-9(2)13(17)8-12(11)16/h5-8,14,18H,4H2,1-3H3. The van der Waals surface area contributed by atoms with Crippen LogP contribution >= 0.6 is 22.9 Å². The molecule has 1 heterocycles. The molecule has 102 valence electrons. The molecule has 0 bridgehead atoms. The molecule has 1 aromatic carbocycles. The number of halogens is 2. The second-order valence-electron chi connectivity index (χ2n) is 4.51. The molecule has 1 atom stereocenters. The van der Waals surface area contributed by atoms with Gasteiger partial charge >= 0.3 is 0 Å². The van der Waals surface area contributed by atoms with Crippen LogP contribution in [0.1, 0.15) is 34.5 Å². The highest BCUT2D eigenvalue weighted by Crippen LogP contribution is 2.34. The number of aryl methyl sites for hydroxylation is 2. The molecule has 0 aliphatic carbocycles. The van der Waals surface area contributed by atoms with Gasteiger partial charge in [-0.1, -0.05) is 18.5 Å². The van der Waals surface area contributed by atoms with Crippen molar-refractivity contribution >= 4 is 22.9 Å². The Balaban J connectivity index is 2.51. The molecule has 0 amide bonds. The van der Waals surface area contributed by atoms with Crippen LogP contribution in [-0.4, -0.2) is 7.05 Å². The lowest BCUT2D eigenvalue weighted by Gasteiger charge is -2.19. The average Bonchev–Trinajstić information content (AvgIpc) is 2.84. The van der Waals surface area contributed by atoms with E-state index in [0.29, 0.717) is 10.6 Å². The fourth-order valence-electron chi connectivity index (χ4n) is 2.22. The van der Waals surface area contributed by atoms with Crippen molar-refractivity contribution in [1.82, 2.24) is 5.32 Å². The summed E-state index contributed by atoms with van der Waals surface area (Å²) in [5.41, 5.74) is 2.86. The maximum atomic E-state index is 13.5. The summed E-state index contributed by atoms with van der Waals surface area (Å²) in [5.74, 6) is -0.259. The number of rotatable bonds is 4. The molecular formula is C15H17ClFNS. The summed E-state index contributed by atoms with van der Waals surface area (Å²) < 4.78 is 13.5. The Morgan fingerprint density at radius 3 is 2.79 bits per heavy atom. The maximum Gasteiger partial charge on any atom is 0.127 e. The van der Waals surface area contributed by atoms with E-state index >= 15 is 0 Å². The molecule has 1 nitrogen and oxygen atoms in total. The highest BCUT2D eigenvalue weighted by atomic mass is 35.5. The monoisotopic (exact) mass is 297 g/mol. The molecule has 1 unspecified atom stereocenters. The third-order valence-corrected chi connectivity index (χ3v) is 4.65. The SMILES string of the molecule is CCc1ccsc1C(NC)c1cc(C)c(F)cc1Cl. The predicted molar refractivity (Wildman–Crippen MR) is 80.7 cm³/mol. The van der Waals surface area contributed by atoms with Crippen LogP contribution in [0.4, 0.5) is 4.39 Å². The van der Waals surface area contributed by atoms with E-state index in [-0.39, 0.29) is 11.9 Å². The molecular weight excluding hydrogens is 281 g/mol. The Labute approximate surface area is 122 Å². The first-order chi connectivity index (χ1) is 9.08. The van der Waals surface area contributed by atoms with Gasteiger partial charge in [0.15, 0.2) is 0 Å². The number of benzene rings is 1. The zero-order valence-electron chi connectivity index (χ0n) is 11.3. The fourth-order valence-corrected chi connectivity index (χ4v) is 3.60. The lowest BCUT2D eigenvalue weighted by atomic mass is 9.99.